The molecule has 1 aromatic rings. The SMILES string of the molecule is CCCC(C)C(=O)OC(C)N(c1cccc(NC(C)=O)c1)C(C)OC(=O)C(C)CCC. The number of carbonyl (C=O) groups is 3. The molecule has 0 bridgehead atoms. The van der Waals surface area contributed by atoms with Crippen LogP contribution in [0.4, 0.5) is 11.4 Å². The molecular weight excluding hydrogens is 396 g/mol. The van der Waals surface area contributed by atoms with E-state index >= 15 is 0 Å². The maximum Gasteiger partial charge on any atom is 0.310 e. The normalized spacial score (nSPS) is 14.7. The first-order valence-corrected chi connectivity index (χ1v) is 11.2. The number of hydrogen-bond donors (Lipinski definition) is 1. The number of hydrogen-bond acceptors (Lipinski definition) is 6. The molecule has 7 heteroatoms. The highest BCUT2D eigenvalue weighted by molar-refractivity contribution is 5.89. The van der Waals surface area contributed by atoms with Gasteiger partial charge in [-0.1, -0.05) is 46.6 Å². The van der Waals surface area contributed by atoms with Gasteiger partial charge in [-0.05, 0) is 44.9 Å². The van der Waals surface area contributed by atoms with E-state index in [9.17, 15) is 14.4 Å². The monoisotopic (exact) mass is 434 g/mol. The van der Waals surface area contributed by atoms with Gasteiger partial charge in [0.25, 0.3) is 0 Å². The molecule has 0 fully saturated rings. The summed E-state index contributed by atoms with van der Waals surface area (Å²) in [6.07, 6.45) is 1.89. The summed E-state index contributed by atoms with van der Waals surface area (Å²) in [6.45, 7) is 12.7. The molecular formula is C24H38N2O5. The Labute approximate surface area is 186 Å². The van der Waals surface area contributed by atoms with Crippen LogP contribution in [0.5, 0.6) is 0 Å². The number of amides is 1. The fourth-order valence-corrected chi connectivity index (χ4v) is 3.45. The number of nitrogens with zero attached hydrogens (tertiary/aromatic N) is 1. The maximum atomic E-state index is 12.5. The van der Waals surface area contributed by atoms with Gasteiger partial charge < -0.3 is 19.7 Å². The van der Waals surface area contributed by atoms with Crippen LogP contribution in [0.15, 0.2) is 24.3 Å². The van der Waals surface area contributed by atoms with Crippen molar-refractivity contribution >= 4 is 29.2 Å². The highest BCUT2D eigenvalue weighted by Crippen LogP contribution is 2.26. The number of carbonyl (C=O) groups excluding carboxylic acids is 3. The topological polar surface area (TPSA) is 84.9 Å². The largest absolute Gasteiger partial charge is 0.442 e. The Morgan fingerprint density at radius 3 is 1.81 bits per heavy atom. The molecule has 31 heavy (non-hydrogen) atoms. The van der Waals surface area contributed by atoms with Gasteiger partial charge in [0.1, 0.15) is 0 Å². The summed E-state index contributed by atoms with van der Waals surface area (Å²) in [4.78, 5) is 38.2. The molecule has 0 heterocycles. The third kappa shape index (κ3) is 8.59. The number of anilines is 2. The van der Waals surface area contributed by atoms with Crippen molar-refractivity contribution < 1.29 is 23.9 Å². The average Bonchev–Trinajstić information content (AvgIpc) is 2.68. The number of nitrogens with one attached hydrogen (secondary N) is 1. The molecule has 0 aromatic heterocycles. The minimum atomic E-state index is -0.677. The lowest BCUT2D eigenvalue weighted by Gasteiger charge is -2.36. The summed E-state index contributed by atoms with van der Waals surface area (Å²) >= 11 is 0. The Morgan fingerprint density at radius 2 is 1.39 bits per heavy atom. The maximum absolute atomic E-state index is 12.5. The zero-order valence-electron chi connectivity index (χ0n) is 19.9. The number of benzene rings is 1. The van der Waals surface area contributed by atoms with Crippen LogP contribution in [0.1, 0.15) is 74.1 Å². The molecule has 0 aliphatic heterocycles. The molecule has 1 amide bonds. The van der Waals surface area contributed by atoms with E-state index in [0.29, 0.717) is 11.4 Å². The molecule has 0 radical (unpaired) electrons. The van der Waals surface area contributed by atoms with Crippen molar-refractivity contribution in [2.75, 3.05) is 10.2 Å². The third-order valence-electron chi connectivity index (χ3n) is 5.07. The number of ether oxygens (including phenoxy) is 2. The number of esters is 2. The zero-order valence-corrected chi connectivity index (χ0v) is 19.9. The molecule has 1 N–H and O–H groups in total. The molecule has 0 saturated heterocycles. The molecule has 0 aliphatic rings. The van der Waals surface area contributed by atoms with Gasteiger partial charge in [-0.15, -0.1) is 0 Å². The van der Waals surface area contributed by atoms with E-state index in [2.05, 4.69) is 5.32 Å². The molecule has 7 nitrogen and oxygen atoms in total. The van der Waals surface area contributed by atoms with Crippen molar-refractivity contribution in [2.45, 2.75) is 86.6 Å². The molecule has 1 rings (SSSR count). The first-order valence-electron chi connectivity index (χ1n) is 11.2. The third-order valence-corrected chi connectivity index (χ3v) is 5.07. The summed E-state index contributed by atoms with van der Waals surface area (Å²) in [5.41, 5.74) is 1.27. The minimum absolute atomic E-state index is 0.190. The minimum Gasteiger partial charge on any atom is -0.442 e. The van der Waals surface area contributed by atoms with E-state index in [0.717, 1.165) is 25.7 Å². The van der Waals surface area contributed by atoms with Crippen LogP contribution in [0.3, 0.4) is 0 Å². The second-order valence-corrected chi connectivity index (χ2v) is 8.09. The molecule has 0 saturated carbocycles. The smallest absolute Gasteiger partial charge is 0.310 e. The van der Waals surface area contributed by atoms with Gasteiger partial charge in [-0.2, -0.15) is 0 Å². The van der Waals surface area contributed by atoms with Gasteiger partial charge in [-0.25, -0.2) is 0 Å². The van der Waals surface area contributed by atoms with Gasteiger partial charge in [-0.3, -0.25) is 14.4 Å². The molecule has 174 valence electrons. The second kappa shape index (κ2) is 13.0. The Balaban J connectivity index is 3.15. The van der Waals surface area contributed by atoms with Crippen molar-refractivity contribution in [3.05, 3.63) is 24.3 Å². The van der Waals surface area contributed by atoms with Crippen LogP contribution in [0.25, 0.3) is 0 Å². The Morgan fingerprint density at radius 1 is 0.903 bits per heavy atom. The van der Waals surface area contributed by atoms with E-state index < -0.39 is 12.5 Å². The summed E-state index contributed by atoms with van der Waals surface area (Å²) < 4.78 is 11.4. The Hall–Kier alpha value is -2.57. The predicted molar refractivity (Wildman–Crippen MR) is 122 cm³/mol. The van der Waals surface area contributed by atoms with E-state index in [1.807, 2.05) is 33.8 Å². The van der Waals surface area contributed by atoms with Crippen molar-refractivity contribution in [1.82, 2.24) is 0 Å². The fraction of sp³-hybridized carbons (Fsp3) is 0.625. The molecule has 0 aliphatic carbocycles. The number of rotatable bonds is 12. The lowest BCUT2D eigenvalue weighted by molar-refractivity contribution is -0.158. The van der Waals surface area contributed by atoms with E-state index in [-0.39, 0.29) is 29.7 Å². The molecule has 0 spiro atoms. The van der Waals surface area contributed by atoms with Gasteiger partial charge >= 0.3 is 11.9 Å². The van der Waals surface area contributed by atoms with Gasteiger partial charge in [0, 0.05) is 18.3 Å². The van der Waals surface area contributed by atoms with Gasteiger partial charge in [0.05, 0.1) is 11.8 Å². The van der Waals surface area contributed by atoms with Crippen LogP contribution in [-0.2, 0) is 23.9 Å². The first kappa shape index (κ1) is 26.5. The van der Waals surface area contributed by atoms with Crippen LogP contribution >= 0.6 is 0 Å². The zero-order chi connectivity index (χ0) is 23.6. The van der Waals surface area contributed by atoms with Crippen molar-refractivity contribution in [3.63, 3.8) is 0 Å². The predicted octanol–water partition coefficient (Wildman–Crippen LogP) is 5.10. The van der Waals surface area contributed by atoms with Crippen LogP contribution in [0.2, 0.25) is 0 Å². The van der Waals surface area contributed by atoms with E-state index in [4.69, 9.17) is 9.47 Å². The molecule has 1 aromatic carbocycles. The summed E-state index contributed by atoms with van der Waals surface area (Å²) in [5.74, 6) is -1.22. The van der Waals surface area contributed by atoms with E-state index in [1.165, 1.54) is 6.92 Å². The summed E-state index contributed by atoms with van der Waals surface area (Å²) in [7, 11) is 0. The lowest BCUT2D eigenvalue weighted by Crippen LogP contribution is -2.46. The summed E-state index contributed by atoms with van der Waals surface area (Å²) in [6, 6.07) is 7.14. The van der Waals surface area contributed by atoms with Crippen molar-refractivity contribution in [1.29, 1.82) is 0 Å². The lowest BCUT2D eigenvalue weighted by atomic mass is 10.1. The van der Waals surface area contributed by atoms with Crippen molar-refractivity contribution in [2.24, 2.45) is 11.8 Å². The first-order chi connectivity index (χ1) is 14.6. The standard InChI is InChI=1S/C24H38N2O5/c1-8-11-16(3)23(28)30-19(6)26(20(7)31-24(29)17(4)12-9-2)22-14-10-13-21(15-22)25-18(5)27/h10,13-17,19-20H,8-9,11-12H2,1-7H3,(H,25,27). The van der Waals surface area contributed by atoms with Gasteiger partial charge in [0.15, 0.2) is 12.5 Å². The van der Waals surface area contributed by atoms with E-state index in [1.54, 1.807) is 36.9 Å². The fourth-order valence-electron chi connectivity index (χ4n) is 3.45. The van der Waals surface area contributed by atoms with Crippen LogP contribution in [0, 0.1) is 11.8 Å². The molecule has 4 atom stereocenters. The average molecular weight is 435 g/mol. The van der Waals surface area contributed by atoms with Crippen LogP contribution < -0.4 is 10.2 Å². The highest BCUT2D eigenvalue weighted by Gasteiger charge is 2.29. The molecule has 4 unspecified atom stereocenters. The van der Waals surface area contributed by atoms with Crippen LogP contribution in [-0.4, -0.2) is 30.3 Å². The Bertz CT molecular complexity index is 704. The summed E-state index contributed by atoms with van der Waals surface area (Å²) in [5, 5.41) is 2.75. The highest BCUT2D eigenvalue weighted by atomic mass is 16.6. The quantitative estimate of drug-likeness (QED) is 0.364. The van der Waals surface area contributed by atoms with Crippen molar-refractivity contribution in [3.8, 4) is 0 Å². The van der Waals surface area contributed by atoms with Gasteiger partial charge in [0.2, 0.25) is 5.91 Å². The Kier molecular flexibility index (Phi) is 11.1. The second-order valence-electron chi connectivity index (χ2n) is 8.09.